The van der Waals surface area contributed by atoms with Crippen LogP contribution in [0, 0.1) is 36.0 Å². The van der Waals surface area contributed by atoms with Crippen LogP contribution in [0.25, 0.3) is 0 Å². The number of rotatable bonds is 0. The van der Waals surface area contributed by atoms with Gasteiger partial charge in [-0.1, -0.05) is 30.8 Å². The van der Waals surface area contributed by atoms with Crippen LogP contribution in [-0.2, 0) is 4.79 Å². The fourth-order valence-electron chi connectivity index (χ4n) is 3.89. The van der Waals surface area contributed by atoms with Crippen molar-refractivity contribution in [3.05, 3.63) is 22.8 Å². The highest BCUT2D eigenvalue weighted by Gasteiger charge is 2.53. The van der Waals surface area contributed by atoms with Gasteiger partial charge in [-0.2, -0.15) is 0 Å². The Hall–Kier alpha value is -1.73. The van der Waals surface area contributed by atoms with E-state index in [9.17, 15) is 4.79 Å². The van der Waals surface area contributed by atoms with Crippen molar-refractivity contribution in [2.45, 2.75) is 38.5 Å². The van der Waals surface area contributed by atoms with Crippen LogP contribution in [0.15, 0.2) is 22.8 Å². The summed E-state index contributed by atoms with van der Waals surface area (Å²) < 4.78 is 0. The highest BCUT2D eigenvalue weighted by Crippen LogP contribution is 2.55. The van der Waals surface area contributed by atoms with Crippen molar-refractivity contribution in [3.63, 3.8) is 0 Å². The lowest BCUT2D eigenvalue weighted by Crippen LogP contribution is -2.22. The quantitative estimate of drug-likeness (QED) is 0.591. The third-order valence-corrected chi connectivity index (χ3v) is 4.80. The molecule has 0 amide bonds. The number of allylic oxidation sites excluding steroid dienone is 4. The van der Waals surface area contributed by atoms with E-state index in [2.05, 4.69) is 11.8 Å². The highest BCUT2D eigenvalue weighted by molar-refractivity contribution is 6.05. The molecule has 0 aliphatic heterocycles. The van der Waals surface area contributed by atoms with Crippen molar-refractivity contribution in [2.24, 2.45) is 11.3 Å². The molecule has 1 atom stereocenters. The zero-order chi connectivity index (χ0) is 12.8. The number of fused-ring (bicyclic) bond motifs is 1. The number of Topliss-reactive ketones (excluding diaryl/α,β-unsaturated/α-hetero) is 1. The first-order chi connectivity index (χ1) is 8.72. The van der Waals surface area contributed by atoms with Gasteiger partial charge in [0.1, 0.15) is 0 Å². The van der Waals surface area contributed by atoms with Crippen LogP contribution in [0.1, 0.15) is 38.5 Å². The third kappa shape index (κ3) is 1.34. The van der Waals surface area contributed by atoms with E-state index in [0.29, 0.717) is 12.2 Å². The number of carbonyl (C=O) groups is 1. The lowest BCUT2D eigenvalue weighted by molar-refractivity contribution is -0.122. The lowest BCUT2D eigenvalue weighted by Gasteiger charge is -2.20. The number of ketones is 1. The van der Waals surface area contributed by atoms with Gasteiger partial charge in [-0.3, -0.25) is 4.79 Å². The van der Waals surface area contributed by atoms with Gasteiger partial charge in [-0.15, -0.1) is 12.8 Å². The molecule has 3 rings (SSSR count). The molecule has 0 aromatic rings. The maximum absolute atomic E-state index is 12.7. The third-order valence-electron chi connectivity index (χ3n) is 4.80. The van der Waals surface area contributed by atoms with Crippen LogP contribution < -0.4 is 0 Å². The van der Waals surface area contributed by atoms with Crippen LogP contribution in [0.3, 0.4) is 0 Å². The molecular formula is C17H16O. The van der Waals surface area contributed by atoms with Crippen molar-refractivity contribution < 1.29 is 4.79 Å². The van der Waals surface area contributed by atoms with Crippen molar-refractivity contribution in [1.82, 2.24) is 0 Å². The molecule has 3 aliphatic carbocycles. The van der Waals surface area contributed by atoms with E-state index in [4.69, 9.17) is 12.8 Å². The minimum absolute atomic E-state index is 0.111. The van der Waals surface area contributed by atoms with Gasteiger partial charge < -0.3 is 0 Å². The van der Waals surface area contributed by atoms with Crippen LogP contribution in [0.4, 0.5) is 0 Å². The Labute approximate surface area is 108 Å². The lowest BCUT2D eigenvalue weighted by atomic mass is 9.82. The van der Waals surface area contributed by atoms with Crippen molar-refractivity contribution in [3.8, 4) is 24.7 Å². The van der Waals surface area contributed by atoms with E-state index in [1.54, 1.807) is 0 Å². The molecule has 1 heteroatoms. The molecule has 2 saturated carbocycles. The largest absolute Gasteiger partial charge is 0.294 e. The smallest absolute Gasteiger partial charge is 0.166 e. The molecular weight excluding hydrogens is 220 g/mol. The maximum Gasteiger partial charge on any atom is 0.166 e. The molecule has 0 bridgehead atoms. The normalized spacial score (nSPS) is 28.9. The molecule has 0 aromatic carbocycles. The maximum atomic E-state index is 12.7. The Bertz CT molecular complexity index is 553. The van der Waals surface area contributed by atoms with Gasteiger partial charge in [0, 0.05) is 28.1 Å². The molecule has 3 aliphatic rings. The van der Waals surface area contributed by atoms with E-state index >= 15 is 0 Å². The monoisotopic (exact) mass is 236 g/mol. The van der Waals surface area contributed by atoms with Crippen LogP contribution >= 0.6 is 0 Å². The summed E-state index contributed by atoms with van der Waals surface area (Å²) in [5, 5.41) is 0. The number of carbonyl (C=O) groups excluding carboxylic acids is 1. The average Bonchev–Trinajstić information content (AvgIpc) is 2.97. The van der Waals surface area contributed by atoms with E-state index in [1.165, 1.54) is 0 Å². The van der Waals surface area contributed by atoms with Crippen molar-refractivity contribution in [2.75, 3.05) is 0 Å². The summed E-state index contributed by atoms with van der Waals surface area (Å²) >= 11 is 0. The molecule has 90 valence electrons. The number of hydrogen-bond donors (Lipinski definition) is 0. The zero-order valence-electron chi connectivity index (χ0n) is 10.5. The topological polar surface area (TPSA) is 17.1 Å². The van der Waals surface area contributed by atoms with Gasteiger partial charge >= 0.3 is 0 Å². The molecule has 0 N–H and O–H groups in total. The molecule has 0 saturated heterocycles. The van der Waals surface area contributed by atoms with Gasteiger partial charge in [0.2, 0.25) is 0 Å². The summed E-state index contributed by atoms with van der Waals surface area (Å²) in [6, 6.07) is 0. The van der Waals surface area contributed by atoms with Crippen molar-refractivity contribution >= 4 is 5.78 Å². The summed E-state index contributed by atoms with van der Waals surface area (Å²) in [5.74, 6) is 5.87. The molecule has 1 unspecified atom stereocenters. The minimum Gasteiger partial charge on any atom is -0.294 e. The summed E-state index contributed by atoms with van der Waals surface area (Å²) in [5.41, 5.74) is 2.58. The number of hydrogen-bond acceptors (Lipinski definition) is 1. The first-order valence-electron chi connectivity index (χ1n) is 6.63. The molecule has 1 spiro atoms. The Morgan fingerprint density at radius 1 is 1.22 bits per heavy atom. The van der Waals surface area contributed by atoms with Gasteiger partial charge in [-0.25, -0.2) is 0 Å². The highest BCUT2D eigenvalue weighted by atomic mass is 16.1. The average molecular weight is 236 g/mol. The summed E-state index contributed by atoms with van der Waals surface area (Å²) in [7, 11) is 0. The fraction of sp³-hybridized carbons (Fsp3) is 0.471. The van der Waals surface area contributed by atoms with Gasteiger partial charge in [0.05, 0.1) is 0 Å². The Morgan fingerprint density at radius 3 is 2.56 bits per heavy atom. The number of terminal acetylenes is 2. The fourth-order valence-corrected chi connectivity index (χ4v) is 3.89. The van der Waals surface area contributed by atoms with Gasteiger partial charge in [0.15, 0.2) is 5.78 Å². The predicted octanol–water partition coefficient (Wildman–Crippen LogP) is 3.03. The second-order valence-electron chi connectivity index (χ2n) is 5.62. The van der Waals surface area contributed by atoms with Gasteiger partial charge in [0.25, 0.3) is 0 Å². The first-order valence-corrected chi connectivity index (χ1v) is 6.63. The molecule has 1 nitrogen and oxygen atoms in total. The van der Waals surface area contributed by atoms with Gasteiger partial charge in [-0.05, 0) is 25.7 Å². The van der Waals surface area contributed by atoms with Crippen LogP contribution in [0.2, 0.25) is 0 Å². The molecule has 0 aromatic heterocycles. The van der Waals surface area contributed by atoms with Crippen LogP contribution in [-0.4, -0.2) is 5.78 Å². The van der Waals surface area contributed by atoms with E-state index in [0.717, 1.165) is 48.8 Å². The second-order valence-corrected chi connectivity index (χ2v) is 5.62. The Morgan fingerprint density at radius 2 is 1.94 bits per heavy atom. The second kappa shape index (κ2) is 3.89. The molecule has 0 radical (unpaired) electrons. The van der Waals surface area contributed by atoms with Crippen LogP contribution in [0.5, 0.6) is 0 Å². The van der Waals surface area contributed by atoms with E-state index < -0.39 is 0 Å². The zero-order valence-corrected chi connectivity index (χ0v) is 10.5. The predicted molar refractivity (Wildman–Crippen MR) is 71.4 cm³/mol. The van der Waals surface area contributed by atoms with Crippen molar-refractivity contribution in [1.29, 1.82) is 0 Å². The Kier molecular flexibility index (Phi) is 2.46. The summed E-state index contributed by atoms with van der Waals surface area (Å²) in [4.78, 5) is 12.7. The summed E-state index contributed by atoms with van der Waals surface area (Å²) in [6.45, 7) is 0. The molecule has 2 fully saturated rings. The molecule has 18 heavy (non-hydrogen) atoms. The van der Waals surface area contributed by atoms with E-state index in [-0.39, 0.29) is 11.3 Å². The first kappa shape index (κ1) is 11.4. The minimum atomic E-state index is -0.137. The summed E-state index contributed by atoms with van der Waals surface area (Å²) in [6.07, 6.45) is 19.1. The standard InChI is InChI=1S/C17H16O/c1-3-12-7-8-13(4-2)15-14(12)11-17(16(15)18)9-5-6-10-17/h1-2,7,14H,5-6,8-11H2. The van der Waals surface area contributed by atoms with E-state index in [1.807, 2.05) is 6.08 Å². The SMILES string of the molecule is C#CC1=CCC(C#C)=C2C(=O)C3(CCCC3)CC12. The Balaban J connectivity index is 2.10. The molecule has 0 heterocycles.